The molecule has 1 N–H and O–H groups in total. The van der Waals surface area contributed by atoms with Crippen molar-refractivity contribution in [2.24, 2.45) is 0 Å². The topological polar surface area (TPSA) is 81.9 Å². The van der Waals surface area contributed by atoms with Gasteiger partial charge in [0.2, 0.25) is 0 Å². The molecule has 0 unspecified atom stereocenters. The molecular formula is C23H21N5O2S. The predicted molar refractivity (Wildman–Crippen MR) is 119 cm³/mol. The third-order valence-electron chi connectivity index (χ3n) is 5.12. The maximum absolute atomic E-state index is 13.0. The van der Waals surface area contributed by atoms with Gasteiger partial charge in [-0.25, -0.2) is 9.67 Å². The minimum Gasteiger partial charge on any atom is -0.487 e. The normalized spacial score (nSPS) is 13.2. The Morgan fingerprint density at radius 3 is 2.81 bits per heavy atom. The fourth-order valence-corrected chi connectivity index (χ4v) is 3.91. The van der Waals surface area contributed by atoms with E-state index in [1.165, 1.54) is 16.9 Å². The van der Waals surface area contributed by atoms with Crippen LogP contribution in [0.25, 0.3) is 5.69 Å². The zero-order valence-corrected chi connectivity index (χ0v) is 17.8. The first kappa shape index (κ1) is 19.4. The minimum absolute atomic E-state index is 0.267. The highest BCUT2D eigenvalue weighted by atomic mass is 32.1. The summed E-state index contributed by atoms with van der Waals surface area (Å²) in [5, 5.41) is 13.4. The van der Waals surface area contributed by atoms with Crippen molar-refractivity contribution in [2.75, 3.05) is 5.32 Å². The second-order valence-corrected chi connectivity index (χ2v) is 8.31. The third kappa shape index (κ3) is 4.34. The van der Waals surface area contributed by atoms with Crippen LogP contribution >= 0.6 is 11.3 Å². The van der Waals surface area contributed by atoms with E-state index in [-0.39, 0.29) is 5.91 Å². The molecule has 1 aliphatic carbocycles. The summed E-state index contributed by atoms with van der Waals surface area (Å²) in [5.74, 6) is 0.707. The Balaban J connectivity index is 1.35. The highest BCUT2D eigenvalue weighted by Crippen LogP contribution is 2.42. The van der Waals surface area contributed by atoms with E-state index in [1.807, 2.05) is 54.8 Å². The zero-order chi connectivity index (χ0) is 21.2. The molecule has 1 fully saturated rings. The van der Waals surface area contributed by atoms with E-state index >= 15 is 0 Å². The van der Waals surface area contributed by atoms with Crippen molar-refractivity contribution in [1.82, 2.24) is 20.0 Å². The number of nitrogens with zero attached hydrogens (tertiary/aromatic N) is 4. The van der Waals surface area contributed by atoms with Crippen LogP contribution in [0.15, 0.2) is 59.4 Å². The van der Waals surface area contributed by atoms with Crippen molar-refractivity contribution in [2.45, 2.75) is 32.3 Å². The number of carbonyl (C=O) groups excluding carboxylic acids is 1. The lowest BCUT2D eigenvalue weighted by atomic mass is 10.2. The van der Waals surface area contributed by atoms with Gasteiger partial charge in [0, 0.05) is 23.1 Å². The number of thiazole rings is 1. The lowest BCUT2D eigenvalue weighted by Crippen LogP contribution is -2.15. The summed E-state index contributed by atoms with van der Waals surface area (Å²) in [4.78, 5) is 17.3. The number of anilines is 1. The quantitative estimate of drug-likeness (QED) is 0.457. The molecule has 1 saturated carbocycles. The van der Waals surface area contributed by atoms with E-state index in [4.69, 9.17) is 4.74 Å². The van der Waals surface area contributed by atoms with E-state index in [9.17, 15) is 4.79 Å². The molecule has 2 aromatic heterocycles. The lowest BCUT2D eigenvalue weighted by molar-refractivity contribution is 0.102. The van der Waals surface area contributed by atoms with Crippen LogP contribution in [0, 0.1) is 6.92 Å². The van der Waals surface area contributed by atoms with Crippen LogP contribution < -0.4 is 10.1 Å². The molecule has 4 aromatic rings. The molecule has 1 amide bonds. The van der Waals surface area contributed by atoms with Gasteiger partial charge in [-0.05, 0) is 44.0 Å². The summed E-state index contributed by atoms with van der Waals surface area (Å²) in [7, 11) is 0. The summed E-state index contributed by atoms with van der Waals surface area (Å²) in [6.45, 7) is 2.43. The second-order valence-electron chi connectivity index (χ2n) is 7.60. The molecule has 156 valence electrons. The van der Waals surface area contributed by atoms with Gasteiger partial charge in [-0.2, -0.15) is 0 Å². The van der Waals surface area contributed by atoms with E-state index in [2.05, 4.69) is 20.6 Å². The number of hydrogen-bond donors (Lipinski definition) is 1. The lowest BCUT2D eigenvalue weighted by Gasteiger charge is -2.09. The molecule has 0 radical (unpaired) electrons. The molecule has 0 spiro atoms. The molecule has 1 aliphatic rings. The fraction of sp³-hybridized carbons (Fsp3) is 0.217. The number of amides is 1. The molecule has 31 heavy (non-hydrogen) atoms. The van der Waals surface area contributed by atoms with Gasteiger partial charge in [0.05, 0.1) is 22.6 Å². The van der Waals surface area contributed by atoms with Crippen LogP contribution in [-0.2, 0) is 6.61 Å². The van der Waals surface area contributed by atoms with Gasteiger partial charge in [0.15, 0.2) is 5.69 Å². The number of nitrogens with one attached hydrogen (secondary N) is 1. The number of rotatable bonds is 7. The average Bonchev–Trinajstić information content (AvgIpc) is 3.30. The van der Waals surface area contributed by atoms with Gasteiger partial charge in [0.1, 0.15) is 12.4 Å². The average molecular weight is 432 g/mol. The van der Waals surface area contributed by atoms with Gasteiger partial charge < -0.3 is 10.1 Å². The highest BCUT2D eigenvalue weighted by molar-refractivity contribution is 7.07. The monoisotopic (exact) mass is 431 g/mol. The Bertz CT molecular complexity index is 1200. The van der Waals surface area contributed by atoms with Gasteiger partial charge in [0.25, 0.3) is 5.91 Å². The maximum Gasteiger partial charge on any atom is 0.278 e. The second kappa shape index (κ2) is 8.31. The van der Waals surface area contributed by atoms with E-state index in [0.29, 0.717) is 29.7 Å². The molecule has 0 atom stereocenters. The molecule has 2 aromatic carbocycles. The van der Waals surface area contributed by atoms with Crippen molar-refractivity contribution in [3.05, 3.63) is 82.1 Å². The molecule has 0 saturated heterocycles. The van der Waals surface area contributed by atoms with Crippen LogP contribution in [0.1, 0.15) is 46.2 Å². The number of benzene rings is 2. The first-order chi connectivity index (χ1) is 15.2. The molecular weight excluding hydrogens is 410 g/mol. The number of aromatic nitrogens is 4. The summed E-state index contributed by atoms with van der Waals surface area (Å²) in [5.41, 5.74) is 6.63. The first-order valence-corrected chi connectivity index (χ1v) is 11.1. The Kier molecular flexibility index (Phi) is 5.21. The van der Waals surface area contributed by atoms with Gasteiger partial charge >= 0.3 is 0 Å². The molecule has 0 bridgehead atoms. The van der Waals surface area contributed by atoms with Crippen LogP contribution in [-0.4, -0.2) is 25.9 Å². The third-order valence-corrected chi connectivity index (χ3v) is 5.76. The summed E-state index contributed by atoms with van der Waals surface area (Å²) in [6.07, 6.45) is 2.08. The van der Waals surface area contributed by atoms with Crippen LogP contribution in [0.3, 0.4) is 0 Å². The van der Waals surface area contributed by atoms with Crippen molar-refractivity contribution < 1.29 is 9.53 Å². The van der Waals surface area contributed by atoms with E-state index in [1.54, 1.807) is 16.3 Å². The first-order valence-electron chi connectivity index (χ1n) is 10.1. The number of aryl methyl sites for hydroxylation is 1. The number of ether oxygens (including phenoxy) is 1. The minimum atomic E-state index is -0.267. The van der Waals surface area contributed by atoms with Crippen molar-refractivity contribution in [1.29, 1.82) is 0 Å². The fourth-order valence-electron chi connectivity index (χ4n) is 3.37. The standard InChI is InChI=1S/C23H21N5O2S/c1-15-5-9-19(10-6-15)28-22(16-7-8-16)21(26-27-28)23(29)25-17-3-2-4-20(11-17)30-12-18-13-31-14-24-18/h2-6,9-11,13-14,16H,7-8,12H2,1H3,(H,25,29). The van der Waals surface area contributed by atoms with Crippen molar-refractivity contribution >= 4 is 22.9 Å². The molecule has 7 nitrogen and oxygen atoms in total. The maximum atomic E-state index is 13.0. The molecule has 8 heteroatoms. The Morgan fingerprint density at radius 1 is 1.23 bits per heavy atom. The van der Waals surface area contributed by atoms with Gasteiger partial charge in [-0.15, -0.1) is 16.4 Å². The van der Waals surface area contributed by atoms with Crippen molar-refractivity contribution in [3.8, 4) is 11.4 Å². The van der Waals surface area contributed by atoms with Crippen LogP contribution in [0.4, 0.5) is 5.69 Å². The van der Waals surface area contributed by atoms with Crippen molar-refractivity contribution in [3.63, 3.8) is 0 Å². The number of hydrogen-bond acceptors (Lipinski definition) is 6. The highest BCUT2D eigenvalue weighted by Gasteiger charge is 2.34. The molecule has 2 heterocycles. The predicted octanol–water partition coefficient (Wildman–Crippen LogP) is 4.74. The largest absolute Gasteiger partial charge is 0.487 e. The Labute approximate surface area is 183 Å². The summed E-state index contributed by atoms with van der Waals surface area (Å²) < 4.78 is 7.57. The Morgan fingerprint density at radius 2 is 2.06 bits per heavy atom. The summed E-state index contributed by atoms with van der Waals surface area (Å²) in [6, 6.07) is 15.4. The molecule has 5 rings (SSSR count). The van der Waals surface area contributed by atoms with Gasteiger partial charge in [-0.1, -0.05) is 29.0 Å². The van der Waals surface area contributed by atoms with Crippen LogP contribution in [0.2, 0.25) is 0 Å². The van der Waals surface area contributed by atoms with Crippen LogP contribution in [0.5, 0.6) is 5.75 Å². The zero-order valence-electron chi connectivity index (χ0n) is 17.0. The summed E-state index contributed by atoms with van der Waals surface area (Å²) >= 11 is 1.53. The van der Waals surface area contributed by atoms with E-state index in [0.717, 1.165) is 29.9 Å². The van der Waals surface area contributed by atoms with Gasteiger partial charge in [-0.3, -0.25) is 4.79 Å². The van der Waals surface area contributed by atoms with E-state index < -0.39 is 0 Å². The smallest absolute Gasteiger partial charge is 0.278 e. The number of carbonyl (C=O) groups is 1. The molecule has 0 aliphatic heterocycles. The SMILES string of the molecule is Cc1ccc(-n2nnc(C(=O)Nc3cccc(OCc4cscn4)c3)c2C2CC2)cc1. The Hall–Kier alpha value is -3.52.